The smallest absolute Gasteiger partial charge is 0.478 e. The lowest BCUT2D eigenvalue weighted by atomic mass is 10.2. The van der Waals surface area contributed by atoms with Crippen LogP contribution < -0.4 is 9.62 Å². The number of nitrogens with zero attached hydrogens (tertiary/aromatic N) is 2. The first-order valence-electron chi connectivity index (χ1n) is 9.29. The Labute approximate surface area is 196 Å². The molecule has 0 bridgehead atoms. The van der Waals surface area contributed by atoms with Crippen LogP contribution in [0.1, 0.15) is 37.0 Å². The average molecular weight is 532 g/mol. The standard InChI is InChI=1S/C16H20ClN3O4S2.C2HF3O2/c1-3-7-20(8-4-2)15-12(16(21)22)9-11(10-18-15)19-26(23,24)14-6-5-13(17)25-14;3-2(4,5)1(6)7/h5-6,9-10,19H,3-4,7-8H2,1-2H3,(H,21,22);(H,6,7). The summed E-state index contributed by atoms with van der Waals surface area (Å²) in [6.45, 7) is 5.33. The van der Waals surface area contributed by atoms with Crippen LogP contribution in [-0.4, -0.2) is 54.8 Å². The molecule has 33 heavy (non-hydrogen) atoms. The van der Waals surface area contributed by atoms with E-state index >= 15 is 0 Å². The number of rotatable bonds is 9. The molecule has 0 atom stereocenters. The fraction of sp³-hybridized carbons (Fsp3) is 0.389. The monoisotopic (exact) mass is 531 g/mol. The number of pyridine rings is 1. The molecule has 9 nitrogen and oxygen atoms in total. The molecule has 0 fully saturated rings. The number of hydrogen-bond acceptors (Lipinski definition) is 7. The fourth-order valence-corrected chi connectivity index (χ4v) is 4.95. The first kappa shape index (κ1) is 28.5. The first-order valence-corrected chi connectivity index (χ1v) is 12.0. The van der Waals surface area contributed by atoms with Gasteiger partial charge in [0.1, 0.15) is 15.6 Å². The van der Waals surface area contributed by atoms with Gasteiger partial charge in [0.25, 0.3) is 10.0 Å². The lowest BCUT2D eigenvalue weighted by Crippen LogP contribution is -2.28. The maximum Gasteiger partial charge on any atom is 0.490 e. The number of aromatic carboxylic acids is 1. The van der Waals surface area contributed by atoms with Crippen LogP contribution in [0, 0.1) is 0 Å². The van der Waals surface area contributed by atoms with Crippen molar-refractivity contribution in [2.45, 2.75) is 37.1 Å². The number of carboxylic acid groups (broad SMARTS) is 2. The third-order valence-corrected chi connectivity index (χ3v) is 6.80. The van der Waals surface area contributed by atoms with Gasteiger partial charge >= 0.3 is 18.1 Å². The van der Waals surface area contributed by atoms with Crippen LogP contribution in [0.2, 0.25) is 4.34 Å². The van der Waals surface area contributed by atoms with Gasteiger partial charge in [-0.3, -0.25) is 4.72 Å². The summed E-state index contributed by atoms with van der Waals surface area (Å²) in [4.78, 5) is 26.7. The molecule has 0 amide bonds. The van der Waals surface area contributed by atoms with E-state index in [0.717, 1.165) is 24.2 Å². The average Bonchev–Trinajstić information content (AvgIpc) is 3.14. The molecule has 2 heterocycles. The number of anilines is 2. The third kappa shape index (κ3) is 8.70. The highest BCUT2D eigenvalue weighted by Gasteiger charge is 2.38. The van der Waals surface area contributed by atoms with Crippen molar-refractivity contribution in [1.82, 2.24) is 4.98 Å². The van der Waals surface area contributed by atoms with E-state index in [1.54, 1.807) is 0 Å². The summed E-state index contributed by atoms with van der Waals surface area (Å²) < 4.78 is 59.2. The summed E-state index contributed by atoms with van der Waals surface area (Å²) >= 11 is 6.70. The van der Waals surface area contributed by atoms with Crippen LogP contribution in [0.5, 0.6) is 0 Å². The Morgan fingerprint density at radius 3 is 2.12 bits per heavy atom. The van der Waals surface area contributed by atoms with Crippen LogP contribution in [0.25, 0.3) is 0 Å². The number of alkyl halides is 3. The van der Waals surface area contributed by atoms with Crippen LogP contribution >= 0.6 is 22.9 Å². The minimum absolute atomic E-state index is 0.0436. The molecule has 15 heteroatoms. The highest BCUT2D eigenvalue weighted by atomic mass is 35.5. The highest BCUT2D eigenvalue weighted by molar-refractivity contribution is 7.94. The summed E-state index contributed by atoms with van der Waals surface area (Å²) in [7, 11) is -3.85. The van der Waals surface area contributed by atoms with E-state index < -0.39 is 28.1 Å². The Bertz CT molecular complexity index is 1070. The molecule has 0 saturated heterocycles. The molecule has 2 aromatic rings. The predicted octanol–water partition coefficient (Wildman–Crippen LogP) is 4.56. The maximum absolute atomic E-state index is 12.4. The van der Waals surface area contributed by atoms with Crippen molar-refractivity contribution in [2.24, 2.45) is 0 Å². The molecule has 2 aromatic heterocycles. The van der Waals surface area contributed by atoms with Crippen molar-refractivity contribution in [3.8, 4) is 0 Å². The molecule has 0 aromatic carbocycles. The highest BCUT2D eigenvalue weighted by Crippen LogP contribution is 2.28. The number of carboxylic acids is 2. The second-order valence-corrected chi connectivity index (χ2v) is 9.98. The Morgan fingerprint density at radius 2 is 1.73 bits per heavy atom. The molecule has 0 saturated carbocycles. The van der Waals surface area contributed by atoms with Gasteiger partial charge < -0.3 is 15.1 Å². The second kappa shape index (κ2) is 12.0. The van der Waals surface area contributed by atoms with E-state index in [-0.39, 0.29) is 15.5 Å². The lowest BCUT2D eigenvalue weighted by molar-refractivity contribution is -0.192. The Morgan fingerprint density at radius 1 is 1.18 bits per heavy atom. The van der Waals surface area contributed by atoms with Crippen molar-refractivity contribution >= 4 is 56.4 Å². The van der Waals surface area contributed by atoms with Crippen LogP contribution in [0.3, 0.4) is 0 Å². The Hall–Kier alpha value is -2.58. The summed E-state index contributed by atoms with van der Waals surface area (Å²) in [5.74, 6) is -3.58. The van der Waals surface area contributed by atoms with Crippen molar-refractivity contribution in [3.63, 3.8) is 0 Å². The van der Waals surface area contributed by atoms with E-state index in [0.29, 0.717) is 23.2 Å². The minimum atomic E-state index is -5.08. The van der Waals surface area contributed by atoms with Gasteiger partial charge in [0, 0.05) is 13.1 Å². The summed E-state index contributed by atoms with van der Waals surface area (Å²) in [6.07, 6.45) is -2.07. The number of aliphatic carboxylic acids is 1. The SMILES string of the molecule is CCCN(CCC)c1ncc(NS(=O)(=O)c2ccc(Cl)s2)cc1C(=O)O.O=C(O)C(F)(F)F. The number of thiophene rings is 1. The third-order valence-electron chi connectivity index (χ3n) is 3.69. The number of nitrogens with one attached hydrogen (secondary N) is 1. The molecule has 2 rings (SSSR count). The van der Waals surface area contributed by atoms with Crippen LogP contribution in [0.15, 0.2) is 28.6 Å². The number of carbonyl (C=O) groups is 2. The van der Waals surface area contributed by atoms with E-state index in [1.165, 1.54) is 24.4 Å². The quantitative estimate of drug-likeness (QED) is 0.428. The number of hydrogen-bond donors (Lipinski definition) is 3. The summed E-state index contributed by atoms with van der Waals surface area (Å²) in [5, 5.41) is 16.7. The van der Waals surface area contributed by atoms with E-state index in [4.69, 9.17) is 21.5 Å². The molecule has 0 radical (unpaired) electrons. The maximum atomic E-state index is 12.4. The topological polar surface area (TPSA) is 137 Å². The van der Waals surface area contributed by atoms with Gasteiger partial charge in [-0.2, -0.15) is 13.2 Å². The van der Waals surface area contributed by atoms with Gasteiger partial charge in [-0.1, -0.05) is 25.4 Å². The van der Waals surface area contributed by atoms with Gasteiger partial charge in [0.05, 0.1) is 16.2 Å². The van der Waals surface area contributed by atoms with E-state index in [1.807, 2.05) is 18.7 Å². The Balaban J connectivity index is 0.000000675. The number of sulfonamides is 1. The lowest BCUT2D eigenvalue weighted by Gasteiger charge is -2.24. The zero-order valence-electron chi connectivity index (χ0n) is 17.4. The van der Waals surface area contributed by atoms with Crippen LogP contribution in [-0.2, 0) is 14.8 Å². The molecule has 0 aliphatic heterocycles. The van der Waals surface area contributed by atoms with Crippen molar-refractivity contribution in [3.05, 3.63) is 34.3 Å². The first-order chi connectivity index (χ1) is 15.2. The largest absolute Gasteiger partial charge is 0.490 e. The van der Waals surface area contributed by atoms with Crippen LogP contribution in [0.4, 0.5) is 24.7 Å². The molecule has 0 spiro atoms. The summed E-state index contributed by atoms with van der Waals surface area (Å²) in [5.41, 5.74) is 0.0416. The van der Waals surface area contributed by atoms with Gasteiger partial charge in [0.15, 0.2) is 0 Å². The molecule has 0 unspecified atom stereocenters. The Kier molecular flexibility index (Phi) is 10.4. The summed E-state index contributed by atoms with van der Waals surface area (Å²) in [6, 6.07) is 4.16. The molecule has 184 valence electrons. The molecular weight excluding hydrogens is 511 g/mol. The fourth-order valence-electron chi connectivity index (χ4n) is 2.43. The van der Waals surface area contributed by atoms with Crippen molar-refractivity contribution < 1.29 is 41.4 Å². The predicted molar refractivity (Wildman–Crippen MR) is 118 cm³/mol. The molecule has 0 aliphatic rings. The normalized spacial score (nSPS) is 11.3. The second-order valence-electron chi connectivity index (χ2n) is 6.35. The van der Waals surface area contributed by atoms with Gasteiger partial charge in [0.2, 0.25) is 0 Å². The molecule has 0 aliphatic carbocycles. The zero-order valence-corrected chi connectivity index (χ0v) is 19.8. The van der Waals surface area contributed by atoms with Gasteiger partial charge in [-0.25, -0.2) is 23.0 Å². The van der Waals surface area contributed by atoms with Gasteiger partial charge in [-0.15, -0.1) is 11.3 Å². The molecule has 3 N–H and O–H groups in total. The van der Waals surface area contributed by atoms with Gasteiger partial charge in [-0.05, 0) is 31.0 Å². The number of aromatic nitrogens is 1. The van der Waals surface area contributed by atoms with Crippen molar-refractivity contribution in [1.29, 1.82) is 0 Å². The van der Waals surface area contributed by atoms with E-state index in [2.05, 4.69) is 9.71 Å². The van der Waals surface area contributed by atoms with E-state index in [9.17, 15) is 31.5 Å². The molecular formula is C18H21ClF3N3O6S2. The number of halogens is 4. The van der Waals surface area contributed by atoms with Crippen molar-refractivity contribution in [2.75, 3.05) is 22.7 Å². The minimum Gasteiger partial charge on any atom is -0.478 e. The zero-order chi connectivity index (χ0) is 25.4.